The Morgan fingerprint density at radius 1 is 1.64 bits per heavy atom. The normalized spacial score (nSPS) is 11.0. The predicted molar refractivity (Wildman–Crippen MR) is 47.4 cm³/mol. The molecule has 0 atom stereocenters. The van der Waals surface area contributed by atoms with Crippen LogP contribution in [0.3, 0.4) is 0 Å². The Morgan fingerprint density at radius 3 is 2.36 bits per heavy atom. The fourth-order valence-electron chi connectivity index (χ4n) is 0.406. The van der Waals surface area contributed by atoms with Gasteiger partial charge in [-0.25, -0.2) is 4.79 Å². The van der Waals surface area contributed by atoms with E-state index in [0.717, 1.165) is 4.90 Å². The van der Waals surface area contributed by atoms with Gasteiger partial charge in [0, 0.05) is 14.1 Å². The minimum Gasteiger partial charge on any atom is -0.341 e. The number of halogens is 3. The first-order chi connectivity index (χ1) is 4.95. The second-order valence-electron chi connectivity index (χ2n) is 1.91. The molecule has 0 aromatic heterocycles. The van der Waals surface area contributed by atoms with Crippen LogP contribution >= 0.6 is 34.8 Å². The van der Waals surface area contributed by atoms with Gasteiger partial charge in [-0.15, -0.1) is 11.6 Å². The van der Waals surface area contributed by atoms with E-state index in [9.17, 15) is 4.79 Å². The summed E-state index contributed by atoms with van der Waals surface area (Å²) < 4.78 is -1.35. The molecule has 0 unspecified atom stereocenters. The molecule has 0 spiro atoms. The number of nitrogens with zero attached hydrogens (tertiary/aromatic N) is 1. The van der Waals surface area contributed by atoms with Crippen LogP contribution in [0.25, 0.3) is 0 Å². The third-order valence-electron chi connectivity index (χ3n) is 1.17. The fraction of sp³-hybridized carbons (Fsp3) is 0.800. The Kier molecular flexibility index (Phi) is 4.29. The van der Waals surface area contributed by atoms with Crippen molar-refractivity contribution in [3.63, 3.8) is 0 Å². The Labute approximate surface area is 80.6 Å². The first-order valence-electron chi connectivity index (χ1n) is 2.85. The van der Waals surface area contributed by atoms with Gasteiger partial charge in [-0.3, -0.25) is 4.90 Å². The number of nitrogens with one attached hydrogen (secondary N) is 1. The molecule has 0 aliphatic rings. The molecule has 66 valence electrons. The fourth-order valence-corrected chi connectivity index (χ4v) is 0.739. The summed E-state index contributed by atoms with van der Waals surface area (Å²) in [5.41, 5.74) is 0. The molecule has 11 heavy (non-hydrogen) atoms. The van der Waals surface area contributed by atoms with Crippen LogP contribution in [0.1, 0.15) is 0 Å². The van der Waals surface area contributed by atoms with Crippen LogP contribution in [0.2, 0.25) is 0 Å². The Bertz CT molecular complexity index is 151. The molecule has 0 fully saturated rings. The van der Waals surface area contributed by atoms with E-state index in [2.05, 4.69) is 5.32 Å². The molecule has 0 aliphatic carbocycles. The van der Waals surface area contributed by atoms with E-state index in [-0.39, 0.29) is 11.9 Å². The summed E-state index contributed by atoms with van der Waals surface area (Å²) in [4.78, 5) is 12.0. The van der Waals surface area contributed by atoms with Crippen molar-refractivity contribution in [1.29, 1.82) is 0 Å². The molecular formula is C5H9Cl3N2O. The molecule has 0 radical (unpaired) electrons. The first kappa shape index (κ1) is 11.1. The standard InChI is InChI=1S/C5H9Cl3N2O/c1-9-4(11)10(2)5(7,8)3-6/h3H2,1-2H3,(H,9,11). The third kappa shape index (κ3) is 2.93. The maximum atomic E-state index is 10.9. The first-order valence-corrected chi connectivity index (χ1v) is 4.14. The lowest BCUT2D eigenvalue weighted by Gasteiger charge is -2.28. The molecule has 0 aliphatic heterocycles. The SMILES string of the molecule is CNC(=O)N(C)C(Cl)(Cl)CCl. The minimum atomic E-state index is -1.35. The summed E-state index contributed by atoms with van der Waals surface area (Å²) in [6, 6.07) is -0.379. The van der Waals surface area contributed by atoms with Crippen molar-refractivity contribution in [3.05, 3.63) is 0 Å². The maximum Gasteiger partial charge on any atom is 0.319 e. The van der Waals surface area contributed by atoms with E-state index in [0.29, 0.717) is 0 Å². The second-order valence-corrected chi connectivity index (χ2v) is 3.62. The largest absolute Gasteiger partial charge is 0.341 e. The molecule has 6 heteroatoms. The highest BCUT2D eigenvalue weighted by Crippen LogP contribution is 2.25. The number of hydrogen-bond acceptors (Lipinski definition) is 1. The summed E-state index contributed by atoms with van der Waals surface area (Å²) in [7, 11) is 2.94. The number of amides is 2. The van der Waals surface area contributed by atoms with Gasteiger partial charge in [-0.1, -0.05) is 23.2 Å². The lowest BCUT2D eigenvalue weighted by Crippen LogP contribution is -2.46. The Morgan fingerprint density at radius 2 is 2.09 bits per heavy atom. The quantitative estimate of drug-likeness (QED) is 0.556. The molecule has 3 nitrogen and oxygen atoms in total. The lowest BCUT2D eigenvalue weighted by molar-refractivity contribution is 0.203. The van der Waals surface area contributed by atoms with Gasteiger partial charge in [0.1, 0.15) is 0 Å². The van der Waals surface area contributed by atoms with Crippen molar-refractivity contribution in [2.75, 3.05) is 20.0 Å². The van der Waals surface area contributed by atoms with Crippen LogP contribution in [-0.4, -0.2) is 35.4 Å². The molecule has 0 heterocycles. The topological polar surface area (TPSA) is 32.3 Å². The molecule has 0 saturated heterocycles. The second kappa shape index (κ2) is 4.24. The van der Waals surface area contributed by atoms with Crippen molar-refractivity contribution < 1.29 is 4.79 Å². The predicted octanol–water partition coefficient (Wildman–Crippen LogP) is 1.63. The summed E-state index contributed by atoms with van der Waals surface area (Å²) in [5, 5.41) is 2.36. The van der Waals surface area contributed by atoms with E-state index in [1.54, 1.807) is 0 Å². The summed E-state index contributed by atoms with van der Waals surface area (Å²) in [6.07, 6.45) is 0. The number of hydrogen-bond donors (Lipinski definition) is 1. The van der Waals surface area contributed by atoms with Crippen LogP contribution in [0.15, 0.2) is 0 Å². The number of rotatable bonds is 2. The van der Waals surface area contributed by atoms with Crippen molar-refractivity contribution >= 4 is 40.8 Å². The minimum absolute atomic E-state index is 0.0416. The average Bonchev–Trinajstić information content (AvgIpc) is 2.01. The summed E-state index contributed by atoms with van der Waals surface area (Å²) >= 11 is 16.7. The van der Waals surface area contributed by atoms with E-state index in [1.165, 1.54) is 14.1 Å². The van der Waals surface area contributed by atoms with Crippen molar-refractivity contribution in [2.24, 2.45) is 0 Å². The van der Waals surface area contributed by atoms with E-state index in [4.69, 9.17) is 34.8 Å². The van der Waals surface area contributed by atoms with Crippen LogP contribution in [0.4, 0.5) is 4.79 Å². The molecule has 0 rings (SSSR count). The zero-order valence-electron chi connectivity index (χ0n) is 6.20. The molecule has 1 N–H and O–H groups in total. The Hall–Kier alpha value is 0.140. The molecule has 0 aromatic carbocycles. The van der Waals surface area contributed by atoms with Crippen LogP contribution in [0, 0.1) is 0 Å². The van der Waals surface area contributed by atoms with Crippen LogP contribution in [-0.2, 0) is 0 Å². The third-order valence-corrected chi connectivity index (χ3v) is 2.60. The summed E-state index contributed by atoms with van der Waals surface area (Å²) in [5.74, 6) is -0.0416. The highest BCUT2D eigenvalue weighted by Gasteiger charge is 2.31. The van der Waals surface area contributed by atoms with E-state index in [1.807, 2.05) is 0 Å². The van der Waals surface area contributed by atoms with Gasteiger partial charge >= 0.3 is 6.03 Å². The number of alkyl halides is 3. The van der Waals surface area contributed by atoms with Gasteiger partial charge in [-0.2, -0.15) is 0 Å². The van der Waals surface area contributed by atoms with Gasteiger partial charge in [0.2, 0.25) is 4.46 Å². The smallest absolute Gasteiger partial charge is 0.319 e. The highest BCUT2D eigenvalue weighted by molar-refractivity contribution is 6.51. The zero-order chi connectivity index (χ0) is 9.07. The van der Waals surface area contributed by atoms with E-state index < -0.39 is 4.46 Å². The van der Waals surface area contributed by atoms with Crippen LogP contribution < -0.4 is 5.32 Å². The molecule has 0 saturated carbocycles. The summed E-state index contributed by atoms with van der Waals surface area (Å²) in [6.45, 7) is 0. The van der Waals surface area contributed by atoms with Gasteiger partial charge in [0.05, 0.1) is 5.88 Å². The van der Waals surface area contributed by atoms with Crippen molar-refractivity contribution in [2.45, 2.75) is 4.46 Å². The number of carbonyl (C=O) groups is 1. The van der Waals surface area contributed by atoms with Crippen molar-refractivity contribution in [1.82, 2.24) is 10.2 Å². The zero-order valence-corrected chi connectivity index (χ0v) is 8.46. The maximum absolute atomic E-state index is 10.9. The average molecular weight is 219 g/mol. The van der Waals surface area contributed by atoms with E-state index >= 15 is 0 Å². The lowest BCUT2D eigenvalue weighted by atomic mass is 10.6. The number of carbonyl (C=O) groups excluding carboxylic acids is 1. The molecule has 0 aromatic rings. The van der Waals surface area contributed by atoms with Crippen molar-refractivity contribution in [3.8, 4) is 0 Å². The molecule has 0 bridgehead atoms. The molecule has 2 amide bonds. The van der Waals surface area contributed by atoms with Gasteiger partial charge in [0.15, 0.2) is 0 Å². The highest BCUT2D eigenvalue weighted by atomic mass is 35.5. The van der Waals surface area contributed by atoms with Gasteiger partial charge in [0.25, 0.3) is 0 Å². The van der Waals surface area contributed by atoms with Crippen LogP contribution in [0.5, 0.6) is 0 Å². The van der Waals surface area contributed by atoms with Gasteiger partial charge in [-0.05, 0) is 0 Å². The number of urea groups is 1. The molecular weight excluding hydrogens is 210 g/mol. The monoisotopic (exact) mass is 218 g/mol. The van der Waals surface area contributed by atoms with Gasteiger partial charge < -0.3 is 5.32 Å². The Balaban J connectivity index is 4.22.